The Bertz CT molecular complexity index is 1060. The maximum Gasteiger partial charge on any atom is 0.339 e. The zero-order chi connectivity index (χ0) is 22.1. The third kappa shape index (κ3) is 3.88. The van der Waals surface area contributed by atoms with Crippen molar-refractivity contribution >= 4 is 46.9 Å². The first-order valence-electron chi connectivity index (χ1n) is 9.80. The molecule has 31 heavy (non-hydrogen) atoms. The highest BCUT2D eigenvalue weighted by Crippen LogP contribution is 2.37. The Hall–Kier alpha value is -3.33. The SMILES string of the molecule is COc1ccc(N2C(=O)C(=O)N(CC(=O)N3CC[C@@H](C)Sc4ccccc43)C2=O)cc1. The number of carbonyl (C=O) groups excluding carboxylic acids is 4. The number of urea groups is 1. The highest BCUT2D eigenvalue weighted by Gasteiger charge is 2.46. The highest BCUT2D eigenvalue weighted by molar-refractivity contribution is 8.00. The number of ether oxygens (including phenoxy) is 1. The van der Waals surface area contributed by atoms with E-state index in [1.54, 1.807) is 28.8 Å². The number of amides is 5. The van der Waals surface area contributed by atoms with Crippen molar-refractivity contribution in [3.63, 3.8) is 0 Å². The van der Waals surface area contributed by atoms with E-state index in [9.17, 15) is 19.2 Å². The second-order valence-corrected chi connectivity index (χ2v) is 8.72. The van der Waals surface area contributed by atoms with Gasteiger partial charge in [0.2, 0.25) is 5.91 Å². The van der Waals surface area contributed by atoms with Crippen LogP contribution in [0.4, 0.5) is 16.2 Å². The van der Waals surface area contributed by atoms with Crippen molar-refractivity contribution < 1.29 is 23.9 Å². The number of hydrogen-bond acceptors (Lipinski definition) is 6. The van der Waals surface area contributed by atoms with Crippen LogP contribution in [-0.2, 0) is 14.4 Å². The molecule has 9 heteroatoms. The van der Waals surface area contributed by atoms with Crippen LogP contribution >= 0.6 is 11.8 Å². The molecule has 1 fully saturated rings. The van der Waals surface area contributed by atoms with Crippen LogP contribution < -0.4 is 14.5 Å². The third-order valence-corrected chi connectivity index (χ3v) is 6.46. The van der Waals surface area contributed by atoms with Crippen LogP contribution in [0, 0.1) is 0 Å². The van der Waals surface area contributed by atoms with Crippen molar-refractivity contribution in [3.05, 3.63) is 48.5 Å². The number of fused-ring (bicyclic) bond motifs is 1. The summed E-state index contributed by atoms with van der Waals surface area (Å²) in [6.45, 7) is 2.06. The number of hydrogen-bond donors (Lipinski definition) is 0. The molecule has 2 heterocycles. The van der Waals surface area contributed by atoms with Gasteiger partial charge in [0.05, 0.1) is 18.5 Å². The summed E-state index contributed by atoms with van der Waals surface area (Å²) in [4.78, 5) is 55.1. The summed E-state index contributed by atoms with van der Waals surface area (Å²) in [5.41, 5.74) is 0.990. The molecule has 0 radical (unpaired) electrons. The van der Waals surface area contributed by atoms with Crippen LogP contribution in [0.1, 0.15) is 13.3 Å². The van der Waals surface area contributed by atoms with Gasteiger partial charge in [-0.1, -0.05) is 19.1 Å². The van der Waals surface area contributed by atoms with Gasteiger partial charge in [-0.3, -0.25) is 14.4 Å². The molecule has 1 saturated heterocycles. The van der Waals surface area contributed by atoms with Gasteiger partial charge in [-0.2, -0.15) is 0 Å². The van der Waals surface area contributed by atoms with Crippen LogP contribution in [0.15, 0.2) is 53.4 Å². The van der Waals surface area contributed by atoms with Crippen LogP contribution in [0.25, 0.3) is 0 Å². The Morgan fingerprint density at radius 1 is 1.06 bits per heavy atom. The van der Waals surface area contributed by atoms with Gasteiger partial charge in [0.25, 0.3) is 0 Å². The smallest absolute Gasteiger partial charge is 0.339 e. The highest BCUT2D eigenvalue weighted by atomic mass is 32.2. The number of imide groups is 2. The van der Waals surface area contributed by atoms with E-state index < -0.39 is 30.3 Å². The Morgan fingerprint density at radius 2 is 1.77 bits per heavy atom. The standard InChI is InChI=1S/C22H21N3O5S/c1-14-11-12-23(17-5-3-4-6-18(17)31-14)19(26)13-24-20(27)21(28)25(22(24)29)15-7-9-16(30-2)10-8-15/h3-10,14H,11-13H2,1-2H3/t14-/m1/s1. The van der Waals surface area contributed by atoms with Gasteiger partial charge in [0.1, 0.15) is 12.3 Å². The van der Waals surface area contributed by atoms with E-state index in [0.717, 1.165) is 21.9 Å². The number of benzene rings is 2. The molecule has 8 nitrogen and oxygen atoms in total. The molecule has 0 aliphatic carbocycles. The van der Waals surface area contributed by atoms with Gasteiger partial charge < -0.3 is 9.64 Å². The molecule has 2 aliphatic rings. The van der Waals surface area contributed by atoms with Gasteiger partial charge >= 0.3 is 17.8 Å². The summed E-state index contributed by atoms with van der Waals surface area (Å²) >= 11 is 1.68. The van der Waals surface area contributed by atoms with Crippen LogP contribution in [0.2, 0.25) is 0 Å². The van der Waals surface area contributed by atoms with E-state index in [4.69, 9.17) is 4.74 Å². The van der Waals surface area contributed by atoms with Crippen LogP contribution in [0.3, 0.4) is 0 Å². The molecule has 0 spiro atoms. The predicted molar refractivity (Wildman–Crippen MR) is 116 cm³/mol. The predicted octanol–water partition coefficient (Wildman–Crippen LogP) is 2.91. The van der Waals surface area contributed by atoms with E-state index in [0.29, 0.717) is 22.4 Å². The molecule has 4 rings (SSSR count). The fourth-order valence-electron chi connectivity index (χ4n) is 3.57. The van der Waals surface area contributed by atoms with Crippen molar-refractivity contribution in [2.24, 2.45) is 0 Å². The number of nitrogens with zero attached hydrogens (tertiary/aromatic N) is 3. The van der Waals surface area contributed by atoms with Crippen molar-refractivity contribution in [1.82, 2.24) is 4.90 Å². The number of carbonyl (C=O) groups is 4. The van der Waals surface area contributed by atoms with E-state index >= 15 is 0 Å². The fourth-order valence-corrected chi connectivity index (χ4v) is 4.68. The molecule has 2 aromatic rings. The number of rotatable bonds is 4. The van der Waals surface area contributed by atoms with Crippen LogP contribution in [0.5, 0.6) is 5.75 Å². The maximum absolute atomic E-state index is 13.1. The molecule has 0 bridgehead atoms. The van der Waals surface area contributed by atoms with Crippen LogP contribution in [-0.4, -0.2) is 54.1 Å². The first-order valence-corrected chi connectivity index (χ1v) is 10.7. The van der Waals surface area contributed by atoms with Crippen molar-refractivity contribution in [3.8, 4) is 5.75 Å². The minimum Gasteiger partial charge on any atom is -0.497 e. The Kier molecular flexibility index (Phi) is 5.69. The Balaban J connectivity index is 1.56. The normalized spacial score (nSPS) is 18.8. The van der Waals surface area contributed by atoms with Gasteiger partial charge in [-0.05, 0) is 42.8 Å². The fraction of sp³-hybridized carbons (Fsp3) is 0.273. The van der Waals surface area contributed by atoms with Crippen molar-refractivity contribution in [2.45, 2.75) is 23.5 Å². The van der Waals surface area contributed by atoms with E-state index in [1.165, 1.54) is 19.2 Å². The number of thioether (sulfide) groups is 1. The molecular formula is C22H21N3O5S. The number of methoxy groups -OCH3 is 1. The second kappa shape index (κ2) is 8.43. The van der Waals surface area contributed by atoms with Crippen molar-refractivity contribution in [2.75, 3.05) is 30.0 Å². The summed E-state index contributed by atoms with van der Waals surface area (Å²) in [5, 5.41) is 0.321. The third-order valence-electron chi connectivity index (χ3n) is 5.22. The molecule has 1 atom stereocenters. The monoisotopic (exact) mass is 439 g/mol. The quantitative estimate of drug-likeness (QED) is 0.538. The van der Waals surface area contributed by atoms with Gasteiger partial charge in [0.15, 0.2) is 0 Å². The summed E-state index contributed by atoms with van der Waals surface area (Å²) in [6.07, 6.45) is 0.768. The largest absolute Gasteiger partial charge is 0.497 e. The first kappa shape index (κ1) is 20.9. The Labute approximate surface area is 183 Å². The summed E-state index contributed by atoms with van der Waals surface area (Å²) in [7, 11) is 1.50. The second-order valence-electron chi connectivity index (χ2n) is 7.24. The minimum atomic E-state index is -1.01. The van der Waals surface area contributed by atoms with E-state index in [-0.39, 0.29) is 5.69 Å². The zero-order valence-corrected chi connectivity index (χ0v) is 17.9. The lowest BCUT2D eigenvalue weighted by Crippen LogP contribution is -2.44. The molecule has 2 aliphatic heterocycles. The maximum atomic E-state index is 13.1. The molecule has 0 saturated carbocycles. The molecule has 160 valence electrons. The summed E-state index contributed by atoms with van der Waals surface area (Å²) in [6, 6.07) is 12.9. The van der Waals surface area contributed by atoms with Gasteiger partial charge in [-0.25, -0.2) is 14.6 Å². The minimum absolute atomic E-state index is 0.240. The lowest BCUT2D eigenvalue weighted by molar-refractivity contribution is -0.140. The first-order chi connectivity index (χ1) is 14.9. The number of anilines is 2. The molecule has 2 aromatic carbocycles. The summed E-state index contributed by atoms with van der Waals surface area (Å²) < 4.78 is 5.08. The van der Waals surface area contributed by atoms with Gasteiger partial charge in [-0.15, -0.1) is 11.8 Å². The average molecular weight is 439 g/mol. The summed E-state index contributed by atoms with van der Waals surface area (Å²) in [5.74, 6) is -1.86. The number of para-hydroxylation sites is 1. The molecule has 0 aromatic heterocycles. The lowest BCUT2D eigenvalue weighted by Gasteiger charge is -2.24. The zero-order valence-electron chi connectivity index (χ0n) is 17.1. The molecular weight excluding hydrogens is 418 g/mol. The lowest BCUT2D eigenvalue weighted by atomic mass is 10.2. The molecule has 5 amide bonds. The van der Waals surface area contributed by atoms with Crippen molar-refractivity contribution in [1.29, 1.82) is 0 Å². The molecule has 0 N–H and O–H groups in total. The Morgan fingerprint density at radius 3 is 2.48 bits per heavy atom. The average Bonchev–Trinajstić information content (AvgIpc) is 2.90. The molecule has 0 unspecified atom stereocenters. The van der Waals surface area contributed by atoms with Gasteiger partial charge in [0, 0.05) is 16.7 Å². The van der Waals surface area contributed by atoms with E-state index in [1.807, 2.05) is 24.3 Å². The topological polar surface area (TPSA) is 87.2 Å². The van der Waals surface area contributed by atoms with E-state index in [2.05, 4.69) is 6.92 Å².